The van der Waals surface area contributed by atoms with Gasteiger partial charge in [-0.1, -0.05) is 36.4 Å². The molecular formula is C23H19FN4O3S. The largest absolute Gasteiger partial charge is 0.494 e. The van der Waals surface area contributed by atoms with E-state index in [-0.39, 0.29) is 24.4 Å². The maximum absolute atomic E-state index is 14.2. The number of hydrogen-bond acceptors (Lipinski definition) is 5. The summed E-state index contributed by atoms with van der Waals surface area (Å²) < 4.78 is 24.4. The normalized spacial score (nSPS) is 11.4. The van der Waals surface area contributed by atoms with Gasteiger partial charge >= 0.3 is 5.69 Å². The lowest BCUT2D eigenvalue weighted by molar-refractivity contribution is 0.336. The molecule has 0 unspecified atom stereocenters. The van der Waals surface area contributed by atoms with Crippen LogP contribution in [0.25, 0.3) is 16.0 Å². The van der Waals surface area contributed by atoms with Gasteiger partial charge < -0.3 is 4.74 Å². The molecule has 0 atom stereocenters. The molecule has 0 bridgehead atoms. The number of rotatable bonds is 6. The standard InChI is InChI=1S/C23H19FN4O3S/c1-2-31-19-10-6-4-8-16(19)13-26-21(29)20-18(11-12-32-20)28-22(26)25-27(23(28)30)14-15-7-3-5-9-17(15)24/h3-12H,2,13-14H2,1H3. The molecule has 0 radical (unpaired) electrons. The van der Waals surface area contributed by atoms with Crippen LogP contribution >= 0.6 is 11.3 Å². The number of para-hydroxylation sites is 1. The predicted molar refractivity (Wildman–Crippen MR) is 121 cm³/mol. The fourth-order valence-electron chi connectivity index (χ4n) is 3.77. The first-order valence-electron chi connectivity index (χ1n) is 10.1. The van der Waals surface area contributed by atoms with E-state index in [0.717, 1.165) is 5.56 Å². The van der Waals surface area contributed by atoms with Crippen molar-refractivity contribution in [2.45, 2.75) is 20.0 Å². The molecule has 0 aliphatic rings. The fourth-order valence-corrected chi connectivity index (χ4v) is 4.59. The van der Waals surface area contributed by atoms with Crippen LogP contribution in [0.4, 0.5) is 4.39 Å². The van der Waals surface area contributed by atoms with Crippen molar-refractivity contribution in [3.63, 3.8) is 0 Å². The van der Waals surface area contributed by atoms with Crippen LogP contribution in [0.15, 0.2) is 69.6 Å². The number of ether oxygens (including phenoxy) is 1. The minimum atomic E-state index is -0.432. The third-order valence-electron chi connectivity index (χ3n) is 5.27. The second kappa shape index (κ2) is 8.08. The molecule has 9 heteroatoms. The zero-order valence-electron chi connectivity index (χ0n) is 17.2. The number of nitrogens with zero attached hydrogens (tertiary/aromatic N) is 4. The Labute approximate surface area is 185 Å². The summed E-state index contributed by atoms with van der Waals surface area (Å²) in [5.74, 6) is 0.452. The highest BCUT2D eigenvalue weighted by Gasteiger charge is 2.20. The van der Waals surface area contributed by atoms with E-state index >= 15 is 0 Å². The lowest BCUT2D eigenvalue weighted by Crippen LogP contribution is -2.26. The smallest absolute Gasteiger partial charge is 0.352 e. The first kappa shape index (κ1) is 20.2. The molecule has 0 saturated heterocycles. The van der Waals surface area contributed by atoms with Crippen LogP contribution in [0.3, 0.4) is 0 Å². The van der Waals surface area contributed by atoms with Crippen molar-refractivity contribution in [3.8, 4) is 5.75 Å². The van der Waals surface area contributed by atoms with Gasteiger partial charge in [0.25, 0.3) is 5.56 Å². The Morgan fingerprint density at radius 3 is 2.53 bits per heavy atom. The molecule has 0 amide bonds. The first-order chi connectivity index (χ1) is 15.6. The Morgan fingerprint density at radius 1 is 1.00 bits per heavy atom. The van der Waals surface area contributed by atoms with Gasteiger partial charge in [-0.15, -0.1) is 16.4 Å². The summed E-state index contributed by atoms with van der Waals surface area (Å²) in [6.07, 6.45) is 0. The van der Waals surface area contributed by atoms with E-state index in [9.17, 15) is 14.0 Å². The molecule has 0 saturated carbocycles. The van der Waals surface area contributed by atoms with Crippen molar-refractivity contribution in [1.29, 1.82) is 0 Å². The number of halogens is 1. The molecule has 0 aliphatic heterocycles. The van der Waals surface area contributed by atoms with Gasteiger partial charge in [-0.25, -0.2) is 18.3 Å². The highest BCUT2D eigenvalue weighted by atomic mass is 32.1. The second-order valence-electron chi connectivity index (χ2n) is 7.23. The molecule has 0 fully saturated rings. The Balaban J connectivity index is 1.72. The summed E-state index contributed by atoms with van der Waals surface area (Å²) in [6.45, 7) is 2.52. The Kier molecular flexibility index (Phi) is 5.10. The van der Waals surface area contributed by atoms with E-state index in [1.54, 1.807) is 29.6 Å². The molecular weight excluding hydrogens is 431 g/mol. The predicted octanol–water partition coefficient (Wildman–Crippen LogP) is 3.51. The zero-order valence-corrected chi connectivity index (χ0v) is 18.0. The fraction of sp³-hybridized carbons (Fsp3) is 0.174. The van der Waals surface area contributed by atoms with Gasteiger partial charge in [-0.3, -0.25) is 9.36 Å². The van der Waals surface area contributed by atoms with Gasteiger partial charge in [0.2, 0.25) is 5.78 Å². The van der Waals surface area contributed by atoms with Crippen molar-refractivity contribution in [1.82, 2.24) is 18.7 Å². The SMILES string of the molecule is CCOc1ccccc1Cn1c(=O)c2sccc2n2c(=O)n(Cc3ccccc3F)nc12. The summed E-state index contributed by atoms with van der Waals surface area (Å²) in [7, 11) is 0. The molecule has 32 heavy (non-hydrogen) atoms. The topological polar surface area (TPSA) is 70.5 Å². The van der Waals surface area contributed by atoms with Gasteiger partial charge in [0, 0.05) is 11.1 Å². The molecule has 162 valence electrons. The van der Waals surface area contributed by atoms with Crippen LogP contribution in [0.5, 0.6) is 5.75 Å². The van der Waals surface area contributed by atoms with Gasteiger partial charge in [0.05, 0.1) is 25.2 Å². The monoisotopic (exact) mass is 450 g/mol. The summed E-state index contributed by atoms with van der Waals surface area (Å²) >= 11 is 1.27. The maximum Gasteiger partial charge on any atom is 0.352 e. The average molecular weight is 450 g/mol. The van der Waals surface area contributed by atoms with E-state index in [1.807, 2.05) is 31.2 Å². The van der Waals surface area contributed by atoms with E-state index in [1.165, 1.54) is 31.1 Å². The van der Waals surface area contributed by atoms with E-state index in [4.69, 9.17) is 4.74 Å². The molecule has 0 N–H and O–H groups in total. The molecule has 2 aromatic carbocycles. The van der Waals surface area contributed by atoms with Crippen molar-refractivity contribution < 1.29 is 9.13 Å². The number of aromatic nitrogens is 4. The Morgan fingerprint density at radius 2 is 1.75 bits per heavy atom. The maximum atomic E-state index is 14.2. The van der Waals surface area contributed by atoms with Gasteiger partial charge in [-0.05, 0) is 30.5 Å². The number of fused-ring (bicyclic) bond motifs is 3. The third kappa shape index (κ3) is 3.31. The number of hydrogen-bond donors (Lipinski definition) is 0. The molecule has 0 spiro atoms. The van der Waals surface area contributed by atoms with E-state index in [0.29, 0.717) is 28.1 Å². The minimum absolute atomic E-state index is 0.0391. The molecule has 3 aromatic heterocycles. The molecule has 3 heterocycles. The van der Waals surface area contributed by atoms with Crippen LogP contribution in [0.1, 0.15) is 18.1 Å². The lowest BCUT2D eigenvalue weighted by Gasteiger charge is -2.12. The Hall–Kier alpha value is -3.72. The minimum Gasteiger partial charge on any atom is -0.494 e. The highest BCUT2D eigenvalue weighted by Crippen LogP contribution is 2.22. The van der Waals surface area contributed by atoms with Crippen molar-refractivity contribution in [3.05, 3.63) is 97.8 Å². The van der Waals surface area contributed by atoms with E-state index in [2.05, 4.69) is 5.10 Å². The molecule has 5 aromatic rings. The Bertz CT molecular complexity index is 1560. The lowest BCUT2D eigenvalue weighted by atomic mass is 10.2. The zero-order chi connectivity index (χ0) is 22.2. The van der Waals surface area contributed by atoms with Gasteiger partial charge in [-0.2, -0.15) is 0 Å². The van der Waals surface area contributed by atoms with Gasteiger partial charge in [0.15, 0.2) is 0 Å². The summed E-state index contributed by atoms with van der Waals surface area (Å²) in [6, 6.07) is 15.4. The first-order valence-corrected chi connectivity index (χ1v) is 11.0. The molecule has 7 nitrogen and oxygen atoms in total. The second-order valence-corrected chi connectivity index (χ2v) is 8.15. The van der Waals surface area contributed by atoms with Crippen molar-refractivity contribution >= 4 is 27.3 Å². The number of thiophene rings is 1. The molecule has 0 aliphatic carbocycles. The van der Waals surface area contributed by atoms with Crippen LogP contribution in [0, 0.1) is 5.82 Å². The van der Waals surface area contributed by atoms with Crippen molar-refractivity contribution in [2.24, 2.45) is 0 Å². The summed E-state index contributed by atoms with van der Waals surface area (Å²) in [5.41, 5.74) is 0.963. The quantitative estimate of drug-likeness (QED) is 0.397. The van der Waals surface area contributed by atoms with Crippen LogP contribution in [-0.4, -0.2) is 25.4 Å². The summed E-state index contributed by atoms with van der Waals surface area (Å²) in [4.78, 5) is 26.6. The van der Waals surface area contributed by atoms with Crippen LogP contribution in [-0.2, 0) is 13.1 Å². The van der Waals surface area contributed by atoms with E-state index < -0.39 is 11.5 Å². The van der Waals surface area contributed by atoms with Crippen molar-refractivity contribution in [2.75, 3.05) is 6.61 Å². The summed E-state index contributed by atoms with van der Waals surface area (Å²) in [5, 5.41) is 6.21. The molecule has 5 rings (SSSR count). The van der Waals surface area contributed by atoms with Gasteiger partial charge in [0.1, 0.15) is 16.3 Å². The highest BCUT2D eigenvalue weighted by molar-refractivity contribution is 7.17. The number of benzene rings is 2. The van der Waals surface area contributed by atoms with Crippen LogP contribution in [0.2, 0.25) is 0 Å². The van der Waals surface area contributed by atoms with Crippen LogP contribution < -0.4 is 16.0 Å². The third-order valence-corrected chi connectivity index (χ3v) is 6.16. The average Bonchev–Trinajstić information content (AvgIpc) is 3.39.